The number of hydrogen-bond acceptors (Lipinski definition) is 1. The lowest BCUT2D eigenvalue weighted by molar-refractivity contribution is 0.670. The van der Waals surface area contributed by atoms with Gasteiger partial charge in [0.15, 0.2) is 0 Å². The highest BCUT2D eigenvalue weighted by Crippen LogP contribution is 2.39. The maximum atomic E-state index is 6.36. The number of hydrogen-bond donors (Lipinski definition) is 0. The first-order valence-electron chi connectivity index (χ1n) is 15.4. The van der Waals surface area contributed by atoms with Crippen LogP contribution in [-0.4, -0.2) is 9.13 Å². The van der Waals surface area contributed by atoms with E-state index in [1.54, 1.807) is 0 Å². The van der Waals surface area contributed by atoms with Crippen LogP contribution in [-0.2, 0) is 0 Å². The second kappa shape index (κ2) is 9.22. The molecule has 0 bridgehead atoms. The van der Waals surface area contributed by atoms with Crippen molar-refractivity contribution in [1.29, 1.82) is 0 Å². The van der Waals surface area contributed by atoms with Crippen molar-refractivity contribution < 1.29 is 4.42 Å². The zero-order valence-electron chi connectivity index (χ0n) is 24.3. The third kappa shape index (κ3) is 3.46. The van der Waals surface area contributed by atoms with Crippen molar-refractivity contribution in [2.45, 2.75) is 0 Å². The Balaban J connectivity index is 1.18. The first-order chi connectivity index (χ1) is 22.3. The Hall–Kier alpha value is -6.06. The van der Waals surface area contributed by atoms with Gasteiger partial charge in [-0.1, -0.05) is 109 Å². The summed E-state index contributed by atoms with van der Waals surface area (Å²) >= 11 is 0. The van der Waals surface area contributed by atoms with E-state index < -0.39 is 0 Å². The molecule has 0 N–H and O–H groups in total. The topological polar surface area (TPSA) is 23.0 Å². The van der Waals surface area contributed by atoms with Crippen LogP contribution in [0.25, 0.3) is 88.1 Å². The summed E-state index contributed by atoms with van der Waals surface area (Å²) in [5.74, 6) is 0. The molecule has 0 radical (unpaired) electrons. The number of para-hydroxylation sites is 5. The molecular formula is C42H26N2O. The van der Waals surface area contributed by atoms with Gasteiger partial charge in [0.05, 0.1) is 22.1 Å². The molecule has 0 aliphatic rings. The number of rotatable bonds is 3. The average Bonchev–Trinajstić information content (AvgIpc) is 3.76. The van der Waals surface area contributed by atoms with E-state index in [9.17, 15) is 0 Å². The van der Waals surface area contributed by atoms with Gasteiger partial charge in [-0.25, -0.2) is 0 Å². The lowest BCUT2D eigenvalue weighted by atomic mass is 10.0. The predicted molar refractivity (Wildman–Crippen MR) is 188 cm³/mol. The van der Waals surface area contributed by atoms with Gasteiger partial charge in [-0.2, -0.15) is 0 Å². The van der Waals surface area contributed by atoms with Crippen LogP contribution in [0.15, 0.2) is 162 Å². The van der Waals surface area contributed by atoms with E-state index in [4.69, 9.17) is 4.42 Å². The third-order valence-electron chi connectivity index (χ3n) is 9.34. The lowest BCUT2D eigenvalue weighted by Gasteiger charge is -2.12. The van der Waals surface area contributed by atoms with Gasteiger partial charge >= 0.3 is 0 Å². The molecule has 7 aromatic carbocycles. The molecule has 0 spiro atoms. The predicted octanol–water partition coefficient (Wildman–Crippen LogP) is 11.4. The van der Waals surface area contributed by atoms with E-state index in [1.165, 1.54) is 43.6 Å². The molecule has 0 saturated carbocycles. The molecule has 45 heavy (non-hydrogen) atoms. The Morgan fingerprint density at radius 3 is 1.53 bits per heavy atom. The molecule has 0 amide bonds. The van der Waals surface area contributed by atoms with Crippen LogP contribution in [0, 0.1) is 0 Å². The fourth-order valence-corrected chi connectivity index (χ4v) is 7.34. The van der Waals surface area contributed by atoms with Crippen LogP contribution in [0.3, 0.4) is 0 Å². The Bertz CT molecular complexity index is 2700. The summed E-state index contributed by atoms with van der Waals surface area (Å²) in [5.41, 5.74) is 11.2. The molecule has 0 aliphatic carbocycles. The average molecular weight is 575 g/mol. The molecule has 3 heteroatoms. The maximum Gasteiger partial charge on any atom is 0.143 e. The standard InChI is InChI=1S/C42H26N2O/c1-6-17-38-31(10-1)32-11-2-7-18-39(32)44(38)29-24-25-34-33-12-3-5-16-37(33)43(40(34)26-29)28-22-20-27(21-23-28)30-14-9-15-36-35-13-4-8-19-41(35)45-42(30)36/h1-26H. The van der Waals surface area contributed by atoms with Crippen LogP contribution in [0.5, 0.6) is 0 Å². The molecule has 10 rings (SSSR count). The minimum absolute atomic E-state index is 0.918. The van der Waals surface area contributed by atoms with E-state index in [0.29, 0.717) is 0 Å². The molecule has 3 nitrogen and oxygen atoms in total. The molecule has 0 aliphatic heterocycles. The van der Waals surface area contributed by atoms with Crippen LogP contribution in [0.1, 0.15) is 0 Å². The van der Waals surface area contributed by atoms with Crippen LogP contribution < -0.4 is 0 Å². The summed E-state index contributed by atoms with van der Waals surface area (Å²) in [6, 6.07) is 56.5. The van der Waals surface area contributed by atoms with E-state index >= 15 is 0 Å². The molecule has 3 heterocycles. The highest BCUT2D eigenvalue weighted by atomic mass is 16.3. The third-order valence-corrected chi connectivity index (χ3v) is 9.34. The van der Waals surface area contributed by atoms with E-state index in [1.807, 2.05) is 12.1 Å². The Morgan fingerprint density at radius 2 is 0.867 bits per heavy atom. The van der Waals surface area contributed by atoms with E-state index in [2.05, 4.69) is 155 Å². The smallest absolute Gasteiger partial charge is 0.143 e. The second-order valence-corrected chi connectivity index (χ2v) is 11.8. The van der Waals surface area contributed by atoms with Gasteiger partial charge < -0.3 is 13.6 Å². The molecule has 0 fully saturated rings. The minimum atomic E-state index is 0.918. The van der Waals surface area contributed by atoms with E-state index in [0.717, 1.165) is 44.4 Å². The van der Waals surface area contributed by atoms with Gasteiger partial charge in [0.1, 0.15) is 11.2 Å². The fourth-order valence-electron chi connectivity index (χ4n) is 7.34. The summed E-state index contributed by atoms with van der Waals surface area (Å²) in [5, 5.41) is 7.32. The largest absolute Gasteiger partial charge is 0.455 e. The maximum absolute atomic E-state index is 6.36. The summed E-state index contributed by atoms with van der Waals surface area (Å²) < 4.78 is 11.1. The van der Waals surface area contributed by atoms with Crippen molar-refractivity contribution in [3.05, 3.63) is 158 Å². The van der Waals surface area contributed by atoms with Gasteiger partial charge in [0, 0.05) is 49.3 Å². The molecule has 10 aromatic rings. The highest BCUT2D eigenvalue weighted by Gasteiger charge is 2.17. The van der Waals surface area contributed by atoms with Crippen molar-refractivity contribution in [2.75, 3.05) is 0 Å². The number of furan rings is 1. The van der Waals surface area contributed by atoms with Crippen LogP contribution >= 0.6 is 0 Å². The molecule has 0 saturated heterocycles. The zero-order valence-corrected chi connectivity index (χ0v) is 24.3. The Labute approximate surface area is 258 Å². The van der Waals surface area contributed by atoms with E-state index in [-0.39, 0.29) is 0 Å². The summed E-state index contributed by atoms with van der Waals surface area (Å²) in [6.45, 7) is 0. The van der Waals surface area contributed by atoms with Crippen molar-refractivity contribution in [2.24, 2.45) is 0 Å². The van der Waals surface area contributed by atoms with Gasteiger partial charge in [-0.3, -0.25) is 0 Å². The van der Waals surface area contributed by atoms with Crippen molar-refractivity contribution >= 4 is 65.6 Å². The molecule has 3 aromatic heterocycles. The van der Waals surface area contributed by atoms with Gasteiger partial charge in [-0.05, 0) is 54.1 Å². The van der Waals surface area contributed by atoms with Gasteiger partial charge in [0.2, 0.25) is 0 Å². The molecular weight excluding hydrogens is 548 g/mol. The lowest BCUT2D eigenvalue weighted by Crippen LogP contribution is -1.97. The molecule has 210 valence electrons. The summed E-state index contributed by atoms with van der Waals surface area (Å²) in [6.07, 6.45) is 0. The number of benzene rings is 7. The van der Waals surface area contributed by atoms with Crippen LogP contribution in [0.2, 0.25) is 0 Å². The van der Waals surface area contributed by atoms with Gasteiger partial charge in [-0.15, -0.1) is 0 Å². The fraction of sp³-hybridized carbons (Fsp3) is 0. The SMILES string of the molecule is c1ccc2c(c1)oc1c(-c3ccc(-n4c5ccccc5c5ccc(-n6c7ccccc7c7ccccc76)cc54)cc3)cccc12. The number of aromatic nitrogens is 2. The zero-order chi connectivity index (χ0) is 29.5. The Kier molecular flexibility index (Phi) is 5.00. The van der Waals surface area contributed by atoms with Crippen molar-refractivity contribution in [1.82, 2.24) is 9.13 Å². The highest BCUT2D eigenvalue weighted by molar-refractivity contribution is 6.12. The number of fused-ring (bicyclic) bond motifs is 9. The van der Waals surface area contributed by atoms with Crippen molar-refractivity contribution in [3.8, 4) is 22.5 Å². The first kappa shape index (κ1) is 24.4. The molecule has 0 unspecified atom stereocenters. The monoisotopic (exact) mass is 574 g/mol. The quantitative estimate of drug-likeness (QED) is 0.206. The Morgan fingerprint density at radius 1 is 0.356 bits per heavy atom. The normalized spacial score (nSPS) is 12.0. The summed E-state index contributed by atoms with van der Waals surface area (Å²) in [4.78, 5) is 0. The number of nitrogens with zero attached hydrogens (tertiary/aromatic N) is 2. The minimum Gasteiger partial charge on any atom is -0.455 e. The van der Waals surface area contributed by atoms with Gasteiger partial charge in [0.25, 0.3) is 0 Å². The van der Waals surface area contributed by atoms with Crippen LogP contribution in [0.4, 0.5) is 0 Å². The first-order valence-corrected chi connectivity index (χ1v) is 15.4. The second-order valence-electron chi connectivity index (χ2n) is 11.8. The molecule has 0 atom stereocenters. The van der Waals surface area contributed by atoms with Crippen molar-refractivity contribution in [3.63, 3.8) is 0 Å². The summed E-state index contributed by atoms with van der Waals surface area (Å²) in [7, 11) is 0.